The first kappa shape index (κ1) is 16.2. The van der Waals surface area contributed by atoms with E-state index in [-0.39, 0.29) is 11.5 Å². The molecule has 0 atom stereocenters. The van der Waals surface area contributed by atoms with Gasteiger partial charge in [-0.2, -0.15) is 0 Å². The van der Waals surface area contributed by atoms with Crippen molar-refractivity contribution in [1.82, 2.24) is 0 Å². The summed E-state index contributed by atoms with van der Waals surface area (Å²) in [6.45, 7) is 1.36. The molecule has 0 heterocycles. The Kier molecular flexibility index (Phi) is 5.09. The molecule has 0 saturated carbocycles. The van der Waals surface area contributed by atoms with Crippen molar-refractivity contribution in [2.45, 2.75) is 6.92 Å². The molecule has 6 nitrogen and oxygen atoms in total. The van der Waals surface area contributed by atoms with Crippen molar-refractivity contribution in [1.29, 1.82) is 0 Å². The second-order valence-corrected chi connectivity index (χ2v) is 4.72. The first-order valence-electron chi connectivity index (χ1n) is 6.88. The third-order valence-electron chi connectivity index (χ3n) is 3.06. The van der Waals surface area contributed by atoms with Gasteiger partial charge in [0.25, 0.3) is 5.91 Å². The van der Waals surface area contributed by atoms with E-state index in [0.717, 1.165) is 0 Å². The monoisotopic (exact) mass is 312 g/mol. The number of carbonyl (C=O) groups excluding carboxylic acids is 3. The molecule has 0 bridgehead atoms. The number of nitrogens with one attached hydrogen (secondary N) is 2. The Morgan fingerprint density at radius 2 is 1.35 bits per heavy atom. The van der Waals surface area contributed by atoms with Crippen molar-refractivity contribution in [3.63, 3.8) is 0 Å². The second-order valence-electron chi connectivity index (χ2n) is 4.72. The molecule has 0 radical (unpaired) electrons. The minimum atomic E-state index is -0.545. The Morgan fingerprint density at radius 1 is 0.826 bits per heavy atom. The van der Waals surface area contributed by atoms with Gasteiger partial charge in [-0.15, -0.1) is 0 Å². The molecule has 2 rings (SSSR count). The average Bonchev–Trinajstić information content (AvgIpc) is 2.54. The predicted molar refractivity (Wildman–Crippen MR) is 86.5 cm³/mol. The van der Waals surface area contributed by atoms with Crippen molar-refractivity contribution >= 4 is 29.2 Å². The fourth-order valence-corrected chi connectivity index (χ4v) is 2.05. The molecule has 6 heteroatoms. The zero-order chi connectivity index (χ0) is 16.8. The van der Waals surface area contributed by atoms with Crippen LogP contribution < -0.4 is 10.6 Å². The van der Waals surface area contributed by atoms with Crippen LogP contribution in [0.3, 0.4) is 0 Å². The smallest absolute Gasteiger partial charge is 0.339 e. The van der Waals surface area contributed by atoms with E-state index in [1.54, 1.807) is 48.5 Å². The third-order valence-corrected chi connectivity index (χ3v) is 3.06. The maximum absolute atomic E-state index is 12.5. The summed E-state index contributed by atoms with van der Waals surface area (Å²) in [6.07, 6.45) is 0. The Morgan fingerprint density at radius 3 is 1.91 bits per heavy atom. The maximum Gasteiger partial charge on any atom is 0.339 e. The Labute approximate surface area is 133 Å². The quantitative estimate of drug-likeness (QED) is 0.850. The number of anilines is 2. The molecular weight excluding hydrogens is 296 g/mol. The van der Waals surface area contributed by atoms with E-state index < -0.39 is 11.9 Å². The molecule has 0 saturated heterocycles. The lowest BCUT2D eigenvalue weighted by Gasteiger charge is -2.12. The molecule has 2 amide bonds. The molecule has 0 aliphatic carbocycles. The van der Waals surface area contributed by atoms with Crippen molar-refractivity contribution in [2.24, 2.45) is 0 Å². The van der Waals surface area contributed by atoms with Gasteiger partial charge in [0.05, 0.1) is 29.6 Å². The van der Waals surface area contributed by atoms with Gasteiger partial charge in [-0.1, -0.05) is 24.3 Å². The molecule has 0 aliphatic rings. The minimum absolute atomic E-state index is 0.250. The van der Waals surface area contributed by atoms with Gasteiger partial charge in [0, 0.05) is 6.92 Å². The minimum Gasteiger partial charge on any atom is -0.465 e. The Balaban J connectivity index is 2.30. The average molecular weight is 312 g/mol. The molecule has 2 N–H and O–H groups in total. The normalized spacial score (nSPS) is 9.83. The van der Waals surface area contributed by atoms with Gasteiger partial charge in [-0.05, 0) is 24.3 Å². The first-order valence-corrected chi connectivity index (χ1v) is 6.88. The summed E-state index contributed by atoms with van der Waals surface area (Å²) in [6, 6.07) is 13.1. The van der Waals surface area contributed by atoms with Crippen molar-refractivity contribution in [3.05, 3.63) is 59.7 Å². The lowest BCUT2D eigenvalue weighted by atomic mass is 10.1. The molecule has 0 aliphatic heterocycles. The van der Waals surface area contributed by atoms with Crippen LogP contribution in [0.4, 0.5) is 11.4 Å². The van der Waals surface area contributed by atoms with E-state index >= 15 is 0 Å². The summed E-state index contributed by atoms with van der Waals surface area (Å²) in [5.74, 6) is -1.26. The van der Waals surface area contributed by atoms with Crippen LogP contribution in [0.5, 0.6) is 0 Å². The Hall–Kier alpha value is -3.15. The van der Waals surface area contributed by atoms with Crippen LogP contribution in [0.15, 0.2) is 48.5 Å². The zero-order valence-electron chi connectivity index (χ0n) is 12.8. The number of esters is 1. The predicted octanol–water partition coefficient (Wildman–Crippen LogP) is 2.68. The van der Waals surface area contributed by atoms with E-state index in [1.807, 2.05) is 0 Å². The topological polar surface area (TPSA) is 84.5 Å². The van der Waals surface area contributed by atoms with Crippen LogP contribution in [0, 0.1) is 0 Å². The van der Waals surface area contributed by atoms with Gasteiger partial charge in [-0.3, -0.25) is 9.59 Å². The fraction of sp³-hybridized carbons (Fsp3) is 0.118. The standard InChI is InChI=1S/C17H16N2O4/c1-11(20)18-14-9-5-3-7-12(14)16(21)19-15-10-6-4-8-13(15)17(22)23-2/h3-10H,1-2H3,(H,18,20)(H,19,21). The van der Waals surface area contributed by atoms with E-state index in [0.29, 0.717) is 16.9 Å². The van der Waals surface area contributed by atoms with Crippen LogP contribution in [0.1, 0.15) is 27.6 Å². The summed E-state index contributed by atoms with van der Waals surface area (Å²) in [4.78, 5) is 35.4. The summed E-state index contributed by atoms with van der Waals surface area (Å²) >= 11 is 0. The van der Waals surface area contributed by atoms with Crippen LogP contribution >= 0.6 is 0 Å². The fourth-order valence-electron chi connectivity index (χ4n) is 2.05. The van der Waals surface area contributed by atoms with E-state index in [4.69, 9.17) is 4.74 Å². The molecule has 2 aromatic rings. The van der Waals surface area contributed by atoms with Gasteiger partial charge in [-0.25, -0.2) is 4.79 Å². The van der Waals surface area contributed by atoms with Crippen molar-refractivity contribution < 1.29 is 19.1 Å². The number of ether oxygens (including phenoxy) is 1. The van der Waals surface area contributed by atoms with Crippen LogP contribution in [0.25, 0.3) is 0 Å². The highest BCUT2D eigenvalue weighted by molar-refractivity contribution is 6.12. The van der Waals surface area contributed by atoms with Gasteiger partial charge in [0.1, 0.15) is 0 Å². The van der Waals surface area contributed by atoms with E-state index in [1.165, 1.54) is 14.0 Å². The lowest BCUT2D eigenvalue weighted by molar-refractivity contribution is -0.114. The highest BCUT2D eigenvalue weighted by atomic mass is 16.5. The summed E-state index contributed by atoms with van der Waals surface area (Å²) < 4.78 is 4.69. The second kappa shape index (κ2) is 7.22. The van der Waals surface area contributed by atoms with Gasteiger partial charge in [0.2, 0.25) is 5.91 Å². The molecule has 0 aromatic heterocycles. The SMILES string of the molecule is COC(=O)c1ccccc1NC(=O)c1ccccc1NC(C)=O. The summed E-state index contributed by atoms with van der Waals surface area (Å²) in [5, 5.41) is 5.26. The van der Waals surface area contributed by atoms with Gasteiger partial charge >= 0.3 is 5.97 Å². The molecule has 0 spiro atoms. The molecule has 0 unspecified atom stereocenters. The number of carbonyl (C=O) groups is 3. The number of hydrogen-bond acceptors (Lipinski definition) is 4. The van der Waals surface area contributed by atoms with Crippen LogP contribution in [-0.4, -0.2) is 24.9 Å². The van der Waals surface area contributed by atoms with Gasteiger partial charge in [0.15, 0.2) is 0 Å². The van der Waals surface area contributed by atoms with Crippen molar-refractivity contribution in [3.8, 4) is 0 Å². The van der Waals surface area contributed by atoms with E-state index in [9.17, 15) is 14.4 Å². The number of methoxy groups -OCH3 is 1. The molecule has 23 heavy (non-hydrogen) atoms. The highest BCUT2D eigenvalue weighted by Gasteiger charge is 2.16. The van der Waals surface area contributed by atoms with E-state index in [2.05, 4.69) is 10.6 Å². The molecule has 0 fully saturated rings. The largest absolute Gasteiger partial charge is 0.465 e. The third kappa shape index (κ3) is 3.94. The highest BCUT2D eigenvalue weighted by Crippen LogP contribution is 2.20. The maximum atomic E-state index is 12.5. The van der Waals surface area contributed by atoms with Crippen LogP contribution in [0.2, 0.25) is 0 Å². The van der Waals surface area contributed by atoms with Crippen molar-refractivity contribution in [2.75, 3.05) is 17.7 Å². The lowest BCUT2D eigenvalue weighted by Crippen LogP contribution is -2.18. The Bertz CT molecular complexity index is 756. The number of rotatable bonds is 4. The van der Waals surface area contributed by atoms with Gasteiger partial charge < -0.3 is 15.4 Å². The summed E-state index contributed by atoms with van der Waals surface area (Å²) in [5.41, 5.74) is 1.28. The number of hydrogen-bond donors (Lipinski definition) is 2. The number of amides is 2. The number of para-hydroxylation sites is 2. The first-order chi connectivity index (χ1) is 11.0. The zero-order valence-corrected chi connectivity index (χ0v) is 12.8. The molecule has 2 aromatic carbocycles. The van der Waals surface area contributed by atoms with Crippen LogP contribution in [-0.2, 0) is 9.53 Å². The molecular formula is C17H16N2O4. The summed E-state index contributed by atoms with van der Waals surface area (Å²) in [7, 11) is 1.27. The molecule has 118 valence electrons. The number of benzene rings is 2.